The van der Waals surface area contributed by atoms with Crippen LogP contribution in [0, 0.1) is 5.92 Å². The Balaban J connectivity index is 1.88. The van der Waals surface area contributed by atoms with Gasteiger partial charge < -0.3 is 15.0 Å². The lowest BCUT2D eigenvalue weighted by Gasteiger charge is -2.30. The Hall–Kier alpha value is -2.14. The standard InChI is InChI=1S/C19H25N3O2/c1-3-24-19(23)16-12-20-17-9-5-4-8-15(17)18(16)21-11-14-7-6-10-22(2)13-14/h4-5,8-9,12,14H,3,6-7,10-11,13H2,1-2H3,(H,20,21). The zero-order chi connectivity index (χ0) is 16.9. The van der Waals surface area contributed by atoms with Gasteiger partial charge in [-0.2, -0.15) is 0 Å². The number of fused-ring (bicyclic) bond motifs is 1. The Morgan fingerprint density at radius 2 is 2.25 bits per heavy atom. The molecule has 1 aliphatic rings. The normalized spacial score (nSPS) is 18.5. The van der Waals surface area contributed by atoms with E-state index >= 15 is 0 Å². The number of rotatable bonds is 5. The van der Waals surface area contributed by atoms with Gasteiger partial charge in [0.1, 0.15) is 5.56 Å². The lowest BCUT2D eigenvalue weighted by Crippen LogP contribution is -2.35. The Bertz CT molecular complexity index is 717. The molecule has 1 saturated heterocycles. The van der Waals surface area contributed by atoms with Crippen LogP contribution in [0.3, 0.4) is 0 Å². The molecule has 24 heavy (non-hydrogen) atoms. The molecule has 2 aromatic rings. The quantitative estimate of drug-likeness (QED) is 0.855. The summed E-state index contributed by atoms with van der Waals surface area (Å²) in [5.41, 5.74) is 2.24. The van der Waals surface area contributed by atoms with Crippen LogP contribution in [-0.4, -0.2) is 49.1 Å². The molecule has 0 spiro atoms. The summed E-state index contributed by atoms with van der Waals surface area (Å²) in [7, 11) is 2.16. The summed E-state index contributed by atoms with van der Waals surface area (Å²) in [4.78, 5) is 19.1. The summed E-state index contributed by atoms with van der Waals surface area (Å²) in [6.45, 7) is 5.29. The number of carbonyl (C=O) groups is 1. The number of pyridine rings is 1. The first-order valence-corrected chi connectivity index (χ1v) is 8.66. The van der Waals surface area contributed by atoms with Crippen molar-refractivity contribution < 1.29 is 9.53 Å². The molecule has 1 N–H and O–H groups in total. The summed E-state index contributed by atoms with van der Waals surface area (Å²) < 4.78 is 5.20. The third-order valence-corrected chi connectivity index (χ3v) is 4.56. The van der Waals surface area contributed by atoms with E-state index in [4.69, 9.17) is 4.74 Å². The number of ether oxygens (including phenoxy) is 1. The third kappa shape index (κ3) is 3.67. The van der Waals surface area contributed by atoms with Crippen molar-refractivity contribution in [3.63, 3.8) is 0 Å². The molecule has 1 aromatic heterocycles. The van der Waals surface area contributed by atoms with Gasteiger partial charge >= 0.3 is 5.97 Å². The number of benzene rings is 1. The zero-order valence-corrected chi connectivity index (χ0v) is 14.4. The lowest BCUT2D eigenvalue weighted by atomic mass is 9.98. The first kappa shape index (κ1) is 16.7. The summed E-state index contributed by atoms with van der Waals surface area (Å²) in [6, 6.07) is 7.89. The molecule has 1 atom stereocenters. The minimum atomic E-state index is -0.320. The third-order valence-electron chi connectivity index (χ3n) is 4.56. The van der Waals surface area contributed by atoms with Crippen molar-refractivity contribution in [2.75, 3.05) is 38.6 Å². The van der Waals surface area contributed by atoms with Crippen LogP contribution in [0.1, 0.15) is 30.1 Å². The molecule has 3 rings (SSSR count). The van der Waals surface area contributed by atoms with Gasteiger partial charge in [-0.1, -0.05) is 18.2 Å². The van der Waals surface area contributed by atoms with E-state index in [0.717, 1.165) is 29.7 Å². The number of piperidine rings is 1. The lowest BCUT2D eigenvalue weighted by molar-refractivity contribution is 0.0527. The van der Waals surface area contributed by atoms with E-state index in [-0.39, 0.29) is 5.97 Å². The van der Waals surface area contributed by atoms with E-state index < -0.39 is 0 Å². The number of aromatic nitrogens is 1. The van der Waals surface area contributed by atoms with Crippen molar-refractivity contribution in [2.24, 2.45) is 5.92 Å². The highest BCUT2D eigenvalue weighted by molar-refractivity contribution is 6.04. The van der Waals surface area contributed by atoms with Crippen LogP contribution >= 0.6 is 0 Å². The molecule has 0 radical (unpaired) electrons. The van der Waals surface area contributed by atoms with E-state index in [1.165, 1.54) is 19.4 Å². The van der Waals surface area contributed by atoms with Crippen LogP contribution in [0.15, 0.2) is 30.5 Å². The van der Waals surface area contributed by atoms with Crippen molar-refractivity contribution in [3.8, 4) is 0 Å². The van der Waals surface area contributed by atoms with Gasteiger partial charge in [0.05, 0.1) is 17.8 Å². The van der Waals surface area contributed by atoms with Gasteiger partial charge in [-0.05, 0) is 45.3 Å². The van der Waals surface area contributed by atoms with Gasteiger partial charge in [0.2, 0.25) is 0 Å². The molecule has 0 amide bonds. The highest BCUT2D eigenvalue weighted by Gasteiger charge is 2.20. The number of hydrogen-bond donors (Lipinski definition) is 1. The van der Waals surface area contributed by atoms with Gasteiger partial charge in [-0.15, -0.1) is 0 Å². The topological polar surface area (TPSA) is 54.5 Å². The van der Waals surface area contributed by atoms with Gasteiger partial charge in [0, 0.05) is 24.7 Å². The highest BCUT2D eigenvalue weighted by Crippen LogP contribution is 2.27. The van der Waals surface area contributed by atoms with Crippen LogP contribution in [0.25, 0.3) is 10.9 Å². The maximum absolute atomic E-state index is 12.3. The van der Waals surface area contributed by atoms with Gasteiger partial charge in [-0.3, -0.25) is 4.98 Å². The van der Waals surface area contributed by atoms with Crippen molar-refractivity contribution in [2.45, 2.75) is 19.8 Å². The first-order chi connectivity index (χ1) is 11.7. The average Bonchev–Trinajstić information content (AvgIpc) is 2.59. The van der Waals surface area contributed by atoms with E-state index in [0.29, 0.717) is 18.1 Å². The minimum Gasteiger partial charge on any atom is -0.462 e. The largest absolute Gasteiger partial charge is 0.462 e. The Kier molecular flexibility index (Phi) is 5.30. The van der Waals surface area contributed by atoms with Crippen LogP contribution in [0.4, 0.5) is 5.69 Å². The predicted molar refractivity (Wildman–Crippen MR) is 96.4 cm³/mol. The van der Waals surface area contributed by atoms with Crippen LogP contribution < -0.4 is 5.32 Å². The summed E-state index contributed by atoms with van der Waals surface area (Å²) in [5, 5.41) is 4.48. The highest BCUT2D eigenvalue weighted by atomic mass is 16.5. The molecular formula is C19H25N3O2. The van der Waals surface area contributed by atoms with Crippen LogP contribution in [0.2, 0.25) is 0 Å². The fraction of sp³-hybridized carbons (Fsp3) is 0.474. The summed E-state index contributed by atoms with van der Waals surface area (Å²) in [5.74, 6) is 0.268. The average molecular weight is 327 g/mol. The second-order valence-electron chi connectivity index (χ2n) is 6.44. The molecule has 5 heteroatoms. The smallest absolute Gasteiger partial charge is 0.341 e. The molecule has 1 aromatic carbocycles. The van der Waals surface area contributed by atoms with Crippen molar-refractivity contribution >= 4 is 22.6 Å². The molecular weight excluding hydrogens is 302 g/mol. The Morgan fingerprint density at radius 3 is 3.04 bits per heavy atom. The monoisotopic (exact) mass is 327 g/mol. The Morgan fingerprint density at radius 1 is 1.42 bits per heavy atom. The number of carbonyl (C=O) groups excluding carboxylic acids is 1. The molecule has 0 aliphatic carbocycles. The van der Waals surface area contributed by atoms with E-state index in [1.54, 1.807) is 6.20 Å². The second kappa shape index (κ2) is 7.62. The first-order valence-electron chi connectivity index (χ1n) is 8.66. The maximum atomic E-state index is 12.3. The molecule has 0 bridgehead atoms. The fourth-order valence-electron chi connectivity index (χ4n) is 3.38. The summed E-state index contributed by atoms with van der Waals surface area (Å²) in [6.07, 6.45) is 4.06. The SMILES string of the molecule is CCOC(=O)c1cnc2ccccc2c1NCC1CCCN(C)C1. The molecule has 1 aliphatic heterocycles. The van der Waals surface area contributed by atoms with E-state index in [1.807, 2.05) is 31.2 Å². The Labute approximate surface area is 143 Å². The van der Waals surface area contributed by atoms with Crippen molar-refractivity contribution in [1.82, 2.24) is 9.88 Å². The number of para-hydroxylation sites is 1. The molecule has 0 saturated carbocycles. The number of likely N-dealkylation sites (tertiary alicyclic amines) is 1. The van der Waals surface area contributed by atoms with Crippen LogP contribution in [0.5, 0.6) is 0 Å². The molecule has 5 nitrogen and oxygen atoms in total. The number of hydrogen-bond acceptors (Lipinski definition) is 5. The zero-order valence-electron chi connectivity index (χ0n) is 14.4. The predicted octanol–water partition coefficient (Wildman–Crippen LogP) is 3.17. The molecule has 1 fully saturated rings. The molecule has 128 valence electrons. The number of nitrogens with zero attached hydrogens (tertiary/aromatic N) is 2. The van der Waals surface area contributed by atoms with Crippen LogP contribution in [-0.2, 0) is 4.74 Å². The second-order valence-corrected chi connectivity index (χ2v) is 6.44. The fourth-order valence-corrected chi connectivity index (χ4v) is 3.38. The van der Waals surface area contributed by atoms with E-state index in [2.05, 4.69) is 22.2 Å². The number of nitrogens with one attached hydrogen (secondary N) is 1. The molecule has 1 unspecified atom stereocenters. The van der Waals surface area contributed by atoms with Crippen molar-refractivity contribution in [1.29, 1.82) is 0 Å². The van der Waals surface area contributed by atoms with Gasteiger partial charge in [0.25, 0.3) is 0 Å². The summed E-state index contributed by atoms with van der Waals surface area (Å²) >= 11 is 0. The van der Waals surface area contributed by atoms with Crippen molar-refractivity contribution in [3.05, 3.63) is 36.0 Å². The van der Waals surface area contributed by atoms with Gasteiger partial charge in [-0.25, -0.2) is 4.79 Å². The minimum absolute atomic E-state index is 0.320. The van der Waals surface area contributed by atoms with Gasteiger partial charge in [0.15, 0.2) is 0 Å². The van der Waals surface area contributed by atoms with E-state index in [9.17, 15) is 4.79 Å². The number of anilines is 1. The maximum Gasteiger partial charge on any atom is 0.341 e. The number of esters is 1. The molecule has 2 heterocycles.